The minimum absolute atomic E-state index is 0.101. The van der Waals surface area contributed by atoms with Crippen molar-refractivity contribution in [2.24, 2.45) is 0 Å². The van der Waals surface area contributed by atoms with Gasteiger partial charge >= 0.3 is 5.97 Å². The number of aromatic nitrogens is 1. The Morgan fingerprint density at radius 1 is 1.36 bits per heavy atom. The van der Waals surface area contributed by atoms with E-state index in [0.717, 1.165) is 35.3 Å². The van der Waals surface area contributed by atoms with Gasteiger partial charge in [-0.1, -0.05) is 24.1 Å². The summed E-state index contributed by atoms with van der Waals surface area (Å²) in [6.45, 7) is 2.80. The summed E-state index contributed by atoms with van der Waals surface area (Å²) in [6.07, 6.45) is 2.69. The van der Waals surface area contributed by atoms with E-state index in [-0.39, 0.29) is 11.6 Å². The van der Waals surface area contributed by atoms with Crippen molar-refractivity contribution >= 4 is 44.9 Å². The molecule has 1 unspecified atom stereocenters. The molecule has 0 radical (unpaired) electrons. The van der Waals surface area contributed by atoms with Gasteiger partial charge in [-0.3, -0.25) is 9.69 Å². The third-order valence-electron chi connectivity index (χ3n) is 4.32. The van der Waals surface area contributed by atoms with Crippen molar-refractivity contribution in [2.45, 2.75) is 31.9 Å². The number of fused-ring (bicyclic) bond motifs is 1. The van der Waals surface area contributed by atoms with E-state index in [1.165, 1.54) is 0 Å². The van der Waals surface area contributed by atoms with Crippen LogP contribution in [0.2, 0.25) is 5.02 Å². The lowest BCUT2D eigenvalue weighted by Gasteiger charge is -2.40. The number of nitrogens with zero attached hydrogens (tertiary/aromatic N) is 2. The molecule has 0 saturated carbocycles. The van der Waals surface area contributed by atoms with E-state index >= 15 is 0 Å². The lowest BCUT2D eigenvalue weighted by Crippen LogP contribution is -2.63. The Bertz CT molecular complexity index is 803. The van der Waals surface area contributed by atoms with Crippen LogP contribution in [0.3, 0.4) is 0 Å². The molecule has 1 saturated heterocycles. The molecule has 25 heavy (non-hydrogen) atoms. The van der Waals surface area contributed by atoms with Crippen LogP contribution in [0, 0.1) is 0 Å². The highest BCUT2D eigenvalue weighted by atomic mass is 35.5. The van der Waals surface area contributed by atoms with Crippen molar-refractivity contribution < 1.29 is 19.4 Å². The van der Waals surface area contributed by atoms with Crippen LogP contribution in [0.15, 0.2) is 18.2 Å². The second-order valence-corrected chi connectivity index (χ2v) is 7.30. The minimum atomic E-state index is -2.03. The third-order valence-corrected chi connectivity index (χ3v) is 5.64. The lowest BCUT2D eigenvalue weighted by atomic mass is 10.0. The Hall–Kier alpha value is -1.54. The first-order valence-corrected chi connectivity index (χ1v) is 9.42. The number of para-hydroxylation sites is 1. The molecule has 1 atom stereocenters. The number of hydrogen-bond acceptors (Lipinski definition) is 6. The zero-order chi connectivity index (χ0) is 18.0. The summed E-state index contributed by atoms with van der Waals surface area (Å²) >= 11 is 7.28. The molecular formula is C17H19ClN2O4S. The van der Waals surface area contributed by atoms with Crippen molar-refractivity contribution in [2.75, 3.05) is 19.7 Å². The number of carbonyl (C=O) groups excluding carboxylic acids is 1. The highest BCUT2D eigenvalue weighted by Gasteiger charge is 2.54. The Kier molecular flexibility index (Phi) is 5.38. The van der Waals surface area contributed by atoms with Gasteiger partial charge < -0.3 is 9.84 Å². The van der Waals surface area contributed by atoms with Crippen LogP contribution in [0.4, 0.5) is 0 Å². The zero-order valence-electron chi connectivity index (χ0n) is 13.8. The summed E-state index contributed by atoms with van der Waals surface area (Å²) in [7, 11) is 0. The topological polar surface area (TPSA) is 79.7 Å². The predicted octanol–water partition coefficient (Wildman–Crippen LogP) is 3.44. The number of rotatable bonds is 6. The highest BCUT2D eigenvalue weighted by Crippen LogP contribution is 2.33. The molecule has 1 aliphatic rings. The van der Waals surface area contributed by atoms with E-state index in [1.807, 2.05) is 0 Å². The molecule has 2 heterocycles. The standard InChI is InChI=1S/C17H19ClN2O4S/c1-2-24-17(16(22)23,20-9-4-3-5-10-20)14(21)15-19-13-11(18)7-6-8-12(13)25-15/h6-8H,2-5,9-10H2,1H3,(H,22,23). The van der Waals surface area contributed by atoms with Crippen LogP contribution in [-0.2, 0) is 9.53 Å². The number of halogens is 1. The molecule has 1 aliphatic heterocycles. The Morgan fingerprint density at radius 3 is 2.68 bits per heavy atom. The quantitative estimate of drug-likeness (QED) is 0.609. The maximum Gasteiger partial charge on any atom is 0.360 e. The number of ether oxygens (including phenoxy) is 1. The summed E-state index contributed by atoms with van der Waals surface area (Å²) in [5.74, 6) is -1.94. The number of piperidine rings is 1. The van der Waals surface area contributed by atoms with E-state index in [1.54, 1.807) is 30.0 Å². The fourth-order valence-corrected chi connectivity index (χ4v) is 4.42. The molecule has 6 nitrogen and oxygen atoms in total. The maximum absolute atomic E-state index is 13.2. The van der Waals surface area contributed by atoms with Crippen LogP contribution >= 0.6 is 22.9 Å². The molecule has 0 spiro atoms. The number of ketones is 1. The molecule has 134 valence electrons. The monoisotopic (exact) mass is 382 g/mol. The molecular weight excluding hydrogens is 364 g/mol. The van der Waals surface area contributed by atoms with Crippen LogP contribution < -0.4 is 0 Å². The second kappa shape index (κ2) is 7.37. The van der Waals surface area contributed by atoms with Gasteiger partial charge in [-0.2, -0.15) is 0 Å². The highest BCUT2D eigenvalue weighted by molar-refractivity contribution is 7.20. The lowest BCUT2D eigenvalue weighted by molar-refractivity contribution is -0.184. The molecule has 3 rings (SSSR count). The number of hydrogen-bond donors (Lipinski definition) is 1. The van der Waals surface area contributed by atoms with E-state index in [9.17, 15) is 14.7 Å². The summed E-state index contributed by atoms with van der Waals surface area (Å²) < 4.78 is 6.32. The largest absolute Gasteiger partial charge is 0.478 e. The smallest absolute Gasteiger partial charge is 0.360 e. The summed E-state index contributed by atoms with van der Waals surface area (Å²) in [6, 6.07) is 5.27. The number of Topliss-reactive ketones (excluding diaryl/α,β-unsaturated/α-hetero) is 1. The number of thiazole rings is 1. The maximum atomic E-state index is 13.2. The van der Waals surface area contributed by atoms with E-state index in [2.05, 4.69) is 4.98 Å². The van der Waals surface area contributed by atoms with Crippen LogP contribution in [0.1, 0.15) is 36.0 Å². The summed E-state index contributed by atoms with van der Waals surface area (Å²) in [5.41, 5.74) is -1.53. The Morgan fingerprint density at radius 2 is 2.08 bits per heavy atom. The van der Waals surface area contributed by atoms with Crippen LogP contribution in [0.5, 0.6) is 0 Å². The van der Waals surface area contributed by atoms with Gasteiger partial charge in [0.05, 0.1) is 9.72 Å². The van der Waals surface area contributed by atoms with Crippen LogP contribution in [0.25, 0.3) is 10.2 Å². The van der Waals surface area contributed by atoms with E-state index in [0.29, 0.717) is 23.6 Å². The number of benzene rings is 1. The minimum Gasteiger partial charge on any atom is -0.478 e. The van der Waals surface area contributed by atoms with E-state index in [4.69, 9.17) is 16.3 Å². The average Bonchev–Trinajstić information content (AvgIpc) is 3.05. The summed E-state index contributed by atoms with van der Waals surface area (Å²) in [4.78, 5) is 31.3. The van der Waals surface area contributed by atoms with Gasteiger partial charge in [0.15, 0.2) is 5.01 Å². The average molecular weight is 383 g/mol. The van der Waals surface area contributed by atoms with Crippen molar-refractivity contribution in [3.63, 3.8) is 0 Å². The Labute approximate surface area is 154 Å². The normalized spacial score (nSPS) is 18.2. The fourth-order valence-electron chi connectivity index (χ4n) is 3.17. The SMILES string of the molecule is CCOC(C(=O)O)(C(=O)c1nc2c(Cl)cccc2s1)N1CCCCC1. The molecule has 1 aromatic heterocycles. The molecule has 1 N–H and O–H groups in total. The van der Waals surface area contributed by atoms with Crippen molar-refractivity contribution in [3.8, 4) is 0 Å². The number of carboxylic acid groups (broad SMARTS) is 1. The van der Waals surface area contributed by atoms with Gasteiger partial charge in [-0.05, 0) is 31.9 Å². The number of likely N-dealkylation sites (tertiary alicyclic amines) is 1. The molecule has 0 bridgehead atoms. The number of carbonyl (C=O) groups is 2. The number of carboxylic acids is 1. The predicted molar refractivity (Wildman–Crippen MR) is 96.4 cm³/mol. The molecule has 1 aromatic carbocycles. The van der Waals surface area contributed by atoms with Crippen molar-refractivity contribution in [3.05, 3.63) is 28.2 Å². The summed E-state index contributed by atoms with van der Waals surface area (Å²) in [5, 5.41) is 10.5. The van der Waals surface area contributed by atoms with Crippen molar-refractivity contribution in [1.29, 1.82) is 0 Å². The van der Waals surface area contributed by atoms with Gasteiger partial charge in [-0.25, -0.2) is 9.78 Å². The van der Waals surface area contributed by atoms with E-state index < -0.39 is 17.5 Å². The Balaban J connectivity index is 2.08. The molecule has 2 aromatic rings. The molecule has 8 heteroatoms. The van der Waals surface area contributed by atoms with Gasteiger partial charge in [-0.15, -0.1) is 11.3 Å². The van der Waals surface area contributed by atoms with Gasteiger partial charge in [0.25, 0.3) is 5.72 Å². The first-order chi connectivity index (χ1) is 12.0. The zero-order valence-corrected chi connectivity index (χ0v) is 15.4. The van der Waals surface area contributed by atoms with Gasteiger partial charge in [0.2, 0.25) is 5.78 Å². The van der Waals surface area contributed by atoms with Gasteiger partial charge in [0.1, 0.15) is 5.52 Å². The first-order valence-electron chi connectivity index (χ1n) is 8.23. The second-order valence-electron chi connectivity index (χ2n) is 5.86. The van der Waals surface area contributed by atoms with Crippen LogP contribution in [-0.4, -0.2) is 52.2 Å². The fraction of sp³-hybridized carbons (Fsp3) is 0.471. The number of aliphatic carboxylic acids is 1. The molecule has 1 fully saturated rings. The third kappa shape index (κ3) is 3.17. The van der Waals surface area contributed by atoms with Crippen molar-refractivity contribution in [1.82, 2.24) is 9.88 Å². The molecule has 0 amide bonds. The molecule has 0 aliphatic carbocycles. The first kappa shape index (κ1) is 18.3. The van der Waals surface area contributed by atoms with Gasteiger partial charge in [0, 0.05) is 19.7 Å².